The predicted molar refractivity (Wildman–Crippen MR) is 150 cm³/mol. The van der Waals surface area contributed by atoms with E-state index < -0.39 is 17.1 Å². The van der Waals surface area contributed by atoms with Gasteiger partial charge in [0.25, 0.3) is 11.1 Å². The van der Waals surface area contributed by atoms with Gasteiger partial charge in [0.1, 0.15) is 13.2 Å². The minimum atomic E-state index is -0.506. The van der Waals surface area contributed by atoms with Crippen LogP contribution in [0.4, 0.5) is 10.5 Å². The number of aryl methyl sites for hydroxylation is 2. The van der Waals surface area contributed by atoms with Crippen LogP contribution in [0.1, 0.15) is 34.7 Å². The highest BCUT2D eigenvalue weighted by Gasteiger charge is 2.36. The molecule has 1 N–H and O–H groups in total. The number of ether oxygens (including phenoxy) is 2. The number of amides is 3. The topological polar surface area (TPSA) is 84.9 Å². The third kappa shape index (κ3) is 6.44. The average molecular weight is 531 g/mol. The second kappa shape index (κ2) is 12.0. The van der Waals surface area contributed by atoms with E-state index in [1.54, 1.807) is 30.3 Å². The van der Waals surface area contributed by atoms with Gasteiger partial charge < -0.3 is 14.8 Å². The SMILES string of the molecule is CCOc1cc(/C=C2\SC(=O)N(CC(=O)Nc3cccc(C)c3C)C2=O)ccc1OCc1cccc(C)c1. The van der Waals surface area contributed by atoms with Crippen molar-refractivity contribution in [3.05, 3.63) is 93.4 Å². The van der Waals surface area contributed by atoms with E-state index >= 15 is 0 Å². The minimum Gasteiger partial charge on any atom is -0.490 e. The maximum Gasteiger partial charge on any atom is 0.294 e. The molecule has 3 aromatic carbocycles. The van der Waals surface area contributed by atoms with Gasteiger partial charge in [-0.25, -0.2) is 0 Å². The lowest BCUT2D eigenvalue weighted by Gasteiger charge is -2.14. The molecule has 0 spiro atoms. The number of imide groups is 1. The molecule has 0 radical (unpaired) electrons. The lowest BCUT2D eigenvalue weighted by Crippen LogP contribution is -2.36. The Labute approximate surface area is 226 Å². The molecule has 4 rings (SSSR count). The van der Waals surface area contributed by atoms with Crippen LogP contribution in [0.25, 0.3) is 6.08 Å². The predicted octanol–water partition coefficient (Wildman–Crippen LogP) is 6.26. The molecule has 0 aromatic heterocycles. The summed E-state index contributed by atoms with van der Waals surface area (Å²) in [4.78, 5) is 39.3. The molecule has 1 aliphatic rings. The fourth-order valence-electron chi connectivity index (χ4n) is 3.97. The Kier molecular flexibility index (Phi) is 8.53. The van der Waals surface area contributed by atoms with Crippen LogP contribution in [-0.2, 0) is 16.2 Å². The molecule has 0 atom stereocenters. The van der Waals surface area contributed by atoms with Gasteiger partial charge in [-0.3, -0.25) is 19.3 Å². The number of hydrogen-bond acceptors (Lipinski definition) is 6. The summed E-state index contributed by atoms with van der Waals surface area (Å²) in [5, 5.41) is 2.31. The normalized spacial score (nSPS) is 14.2. The molecule has 3 amide bonds. The molecule has 0 unspecified atom stereocenters. The average Bonchev–Trinajstić information content (AvgIpc) is 3.14. The number of thioether (sulfide) groups is 1. The molecular weight excluding hydrogens is 500 g/mol. The molecule has 0 bridgehead atoms. The van der Waals surface area contributed by atoms with Crippen LogP contribution >= 0.6 is 11.8 Å². The highest BCUT2D eigenvalue weighted by atomic mass is 32.2. The van der Waals surface area contributed by atoms with Crippen LogP contribution in [0.2, 0.25) is 0 Å². The first kappa shape index (κ1) is 27.0. The van der Waals surface area contributed by atoms with E-state index in [1.165, 1.54) is 0 Å². The zero-order chi connectivity index (χ0) is 27.2. The second-order valence-corrected chi connectivity index (χ2v) is 9.97. The highest BCUT2D eigenvalue weighted by Crippen LogP contribution is 2.35. The summed E-state index contributed by atoms with van der Waals surface area (Å²) in [6, 6.07) is 19.0. The van der Waals surface area contributed by atoms with Crippen molar-refractivity contribution in [3.8, 4) is 11.5 Å². The molecule has 8 heteroatoms. The molecule has 0 saturated carbocycles. The lowest BCUT2D eigenvalue weighted by molar-refractivity contribution is -0.127. The van der Waals surface area contributed by atoms with Crippen molar-refractivity contribution in [2.24, 2.45) is 0 Å². The Morgan fingerprint density at radius 2 is 1.76 bits per heavy atom. The van der Waals surface area contributed by atoms with E-state index in [9.17, 15) is 14.4 Å². The monoisotopic (exact) mass is 530 g/mol. The van der Waals surface area contributed by atoms with Crippen molar-refractivity contribution in [1.82, 2.24) is 4.90 Å². The fraction of sp³-hybridized carbons (Fsp3) is 0.233. The van der Waals surface area contributed by atoms with E-state index in [0.29, 0.717) is 36.0 Å². The van der Waals surface area contributed by atoms with E-state index in [4.69, 9.17) is 9.47 Å². The number of hydrogen-bond donors (Lipinski definition) is 1. The van der Waals surface area contributed by atoms with Crippen LogP contribution in [0.5, 0.6) is 11.5 Å². The molecule has 1 heterocycles. The summed E-state index contributed by atoms with van der Waals surface area (Å²) < 4.78 is 11.8. The Morgan fingerprint density at radius 3 is 2.53 bits per heavy atom. The number of rotatable bonds is 9. The molecule has 3 aromatic rings. The molecule has 1 saturated heterocycles. The first-order valence-corrected chi connectivity index (χ1v) is 13.1. The van der Waals surface area contributed by atoms with Gasteiger partial charge in [-0.1, -0.05) is 48.0 Å². The summed E-state index contributed by atoms with van der Waals surface area (Å²) >= 11 is 0.809. The maximum atomic E-state index is 13.0. The number of benzene rings is 3. The zero-order valence-electron chi connectivity index (χ0n) is 21.9. The van der Waals surface area contributed by atoms with Gasteiger partial charge in [-0.15, -0.1) is 0 Å². The van der Waals surface area contributed by atoms with Crippen LogP contribution < -0.4 is 14.8 Å². The third-order valence-electron chi connectivity index (χ3n) is 6.10. The van der Waals surface area contributed by atoms with Crippen molar-refractivity contribution in [1.29, 1.82) is 0 Å². The molecule has 0 aliphatic carbocycles. The van der Waals surface area contributed by atoms with Gasteiger partial charge in [0.05, 0.1) is 11.5 Å². The molecule has 7 nitrogen and oxygen atoms in total. The molecule has 38 heavy (non-hydrogen) atoms. The van der Waals surface area contributed by atoms with Crippen molar-refractivity contribution in [2.45, 2.75) is 34.3 Å². The van der Waals surface area contributed by atoms with Crippen LogP contribution in [0.3, 0.4) is 0 Å². The van der Waals surface area contributed by atoms with Gasteiger partial charge in [0.15, 0.2) is 11.5 Å². The number of carbonyl (C=O) groups is 3. The minimum absolute atomic E-state index is 0.241. The zero-order valence-corrected chi connectivity index (χ0v) is 22.7. The first-order valence-electron chi connectivity index (χ1n) is 12.3. The number of anilines is 1. The smallest absolute Gasteiger partial charge is 0.294 e. The molecule has 196 valence electrons. The van der Waals surface area contributed by atoms with Crippen molar-refractivity contribution in [3.63, 3.8) is 0 Å². The Bertz CT molecular complexity index is 1420. The second-order valence-electron chi connectivity index (χ2n) is 8.98. The van der Waals surface area contributed by atoms with Gasteiger partial charge >= 0.3 is 0 Å². The van der Waals surface area contributed by atoms with Crippen LogP contribution in [-0.4, -0.2) is 35.1 Å². The highest BCUT2D eigenvalue weighted by molar-refractivity contribution is 8.18. The van der Waals surface area contributed by atoms with Crippen molar-refractivity contribution in [2.75, 3.05) is 18.5 Å². The lowest BCUT2D eigenvalue weighted by atomic mass is 10.1. The Morgan fingerprint density at radius 1 is 0.974 bits per heavy atom. The van der Waals surface area contributed by atoms with E-state index in [1.807, 2.05) is 58.0 Å². The number of nitrogens with zero attached hydrogens (tertiary/aromatic N) is 1. The molecule has 1 aliphatic heterocycles. The van der Waals surface area contributed by atoms with E-state index in [-0.39, 0.29) is 11.4 Å². The van der Waals surface area contributed by atoms with E-state index in [2.05, 4.69) is 11.4 Å². The van der Waals surface area contributed by atoms with Gasteiger partial charge in [-0.2, -0.15) is 0 Å². The van der Waals surface area contributed by atoms with Gasteiger partial charge in [0, 0.05) is 5.69 Å². The fourth-order valence-corrected chi connectivity index (χ4v) is 4.81. The van der Waals surface area contributed by atoms with Gasteiger partial charge in [-0.05, 0) is 86.0 Å². The Balaban J connectivity index is 1.45. The quantitative estimate of drug-likeness (QED) is 0.329. The summed E-state index contributed by atoms with van der Waals surface area (Å²) in [5.74, 6) is 0.188. The Hall–Kier alpha value is -4.04. The van der Waals surface area contributed by atoms with Crippen LogP contribution in [0.15, 0.2) is 65.6 Å². The number of carbonyl (C=O) groups excluding carboxylic acids is 3. The van der Waals surface area contributed by atoms with Crippen LogP contribution in [0, 0.1) is 20.8 Å². The number of nitrogens with one attached hydrogen (secondary N) is 1. The largest absolute Gasteiger partial charge is 0.490 e. The standard InChI is InChI=1S/C30H30N2O5S/c1-5-36-26-15-22(12-13-25(26)37-18-23-10-6-8-19(2)14-23)16-27-29(34)32(30(35)38-27)17-28(33)31-24-11-7-9-20(3)21(24)4/h6-16H,5,17-18H2,1-4H3,(H,31,33)/b27-16-. The van der Waals surface area contributed by atoms with Gasteiger partial charge in [0.2, 0.25) is 5.91 Å². The summed E-state index contributed by atoms with van der Waals surface area (Å²) in [5.41, 5.74) is 5.52. The summed E-state index contributed by atoms with van der Waals surface area (Å²) in [6.45, 7) is 8.25. The molecular formula is C30H30N2O5S. The first-order chi connectivity index (χ1) is 18.2. The molecule has 1 fully saturated rings. The third-order valence-corrected chi connectivity index (χ3v) is 7.00. The van der Waals surface area contributed by atoms with Crippen molar-refractivity contribution >= 4 is 40.6 Å². The summed E-state index contributed by atoms with van der Waals surface area (Å²) in [6.07, 6.45) is 1.63. The van der Waals surface area contributed by atoms with Crippen molar-refractivity contribution < 1.29 is 23.9 Å². The maximum absolute atomic E-state index is 13.0. The van der Waals surface area contributed by atoms with E-state index in [0.717, 1.165) is 38.9 Å². The summed E-state index contributed by atoms with van der Waals surface area (Å²) in [7, 11) is 0.